The third-order valence-corrected chi connectivity index (χ3v) is 9.41. The van der Waals surface area contributed by atoms with E-state index in [-0.39, 0.29) is 46.3 Å². The number of carbonyl (C=O) groups excluding carboxylic acids is 2. The summed E-state index contributed by atoms with van der Waals surface area (Å²) in [7, 11) is 0. The molecule has 6 rings (SSSR count). The lowest BCUT2D eigenvalue weighted by molar-refractivity contribution is -0.00748. The van der Waals surface area contributed by atoms with Crippen LogP contribution in [0.2, 0.25) is 0 Å². The van der Waals surface area contributed by atoms with Gasteiger partial charge in [-0.05, 0) is 106 Å². The summed E-state index contributed by atoms with van der Waals surface area (Å²) in [4.78, 5) is 27.3. The quantitative estimate of drug-likeness (QED) is 0.218. The van der Waals surface area contributed by atoms with Crippen molar-refractivity contribution < 1.29 is 19.1 Å². The molecular weight excluding hydrogens is 572 g/mol. The third-order valence-electron chi connectivity index (χ3n) is 9.41. The number of fused-ring (bicyclic) bond motifs is 2. The molecule has 0 aliphatic carbocycles. The van der Waals surface area contributed by atoms with E-state index in [0.29, 0.717) is 11.1 Å². The van der Waals surface area contributed by atoms with Crippen molar-refractivity contribution in [1.29, 1.82) is 0 Å². The highest BCUT2D eigenvalue weighted by molar-refractivity contribution is 6.10. The van der Waals surface area contributed by atoms with Gasteiger partial charge in [0.25, 0.3) is 0 Å². The first-order valence-electron chi connectivity index (χ1n) is 16.6. The number of benzene rings is 4. The van der Waals surface area contributed by atoms with Gasteiger partial charge in [-0.1, -0.05) is 54.6 Å². The second-order valence-electron chi connectivity index (χ2n) is 16.1. The summed E-state index contributed by atoms with van der Waals surface area (Å²) >= 11 is 0. The lowest BCUT2D eigenvalue weighted by atomic mass is 9.81. The molecule has 2 saturated heterocycles. The Morgan fingerprint density at radius 2 is 1.02 bits per heavy atom. The molecule has 4 aromatic carbocycles. The van der Waals surface area contributed by atoms with Gasteiger partial charge >= 0.3 is 11.9 Å². The second-order valence-corrected chi connectivity index (χ2v) is 16.1. The fraction of sp³-hybridized carbons (Fsp3) is 0.450. The Hall–Kier alpha value is -3.74. The van der Waals surface area contributed by atoms with Crippen molar-refractivity contribution in [3.63, 3.8) is 0 Å². The Morgan fingerprint density at radius 3 is 1.57 bits per heavy atom. The van der Waals surface area contributed by atoms with Gasteiger partial charge in [0, 0.05) is 47.8 Å². The van der Waals surface area contributed by atoms with E-state index in [1.807, 2.05) is 48.5 Å². The van der Waals surface area contributed by atoms with Gasteiger partial charge in [0.1, 0.15) is 12.2 Å². The van der Waals surface area contributed by atoms with Gasteiger partial charge < -0.3 is 20.1 Å². The lowest BCUT2D eigenvalue weighted by Gasteiger charge is -2.46. The van der Waals surface area contributed by atoms with Crippen molar-refractivity contribution in [2.24, 2.45) is 0 Å². The molecule has 2 aliphatic rings. The van der Waals surface area contributed by atoms with Gasteiger partial charge in [-0.25, -0.2) is 9.59 Å². The van der Waals surface area contributed by atoms with E-state index in [0.717, 1.165) is 58.4 Å². The first-order valence-corrected chi connectivity index (χ1v) is 16.6. The maximum absolute atomic E-state index is 13.7. The van der Waals surface area contributed by atoms with Crippen LogP contribution in [-0.4, -0.2) is 46.3 Å². The molecule has 0 spiro atoms. The predicted octanol–water partition coefficient (Wildman–Crippen LogP) is 8.59. The number of hydrogen-bond donors (Lipinski definition) is 2. The summed E-state index contributed by atoms with van der Waals surface area (Å²) in [5.74, 6) is -0.595. The minimum Gasteiger partial charge on any atom is -0.459 e. The minimum atomic E-state index is -0.298. The van der Waals surface area contributed by atoms with Crippen LogP contribution < -0.4 is 10.6 Å². The molecule has 4 aromatic rings. The summed E-state index contributed by atoms with van der Waals surface area (Å²) in [5.41, 5.74) is 2.58. The van der Waals surface area contributed by atoms with Crippen LogP contribution in [0.25, 0.3) is 32.7 Å². The smallest absolute Gasteiger partial charge is 0.339 e. The largest absolute Gasteiger partial charge is 0.459 e. The zero-order chi connectivity index (χ0) is 33.1. The fourth-order valence-electron chi connectivity index (χ4n) is 8.41. The molecule has 0 unspecified atom stereocenters. The Balaban J connectivity index is 1.31. The summed E-state index contributed by atoms with van der Waals surface area (Å²) in [5, 5.41) is 10.9. The molecule has 0 radical (unpaired) electrons. The average Bonchev–Trinajstić information content (AvgIpc) is 2.92. The maximum atomic E-state index is 13.7. The fourth-order valence-corrected chi connectivity index (χ4v) is 8.41. The number of esters is 2. The molecule has 242 valence electrons. The van der Waals surface area contributed by atoms with Crippen LogP contribution in [0.15, 0.2) is 72.8 Å². The topological polar surface area (TPSA) is 76.7 Å². The van der Waals surface area contributed by atoms with Crippen molar-refractivity contribution in [1.82, 2.24) is 10.6 Å². The van der Waals surface area contributed by atoms with Crippen LogP contribution in [-0.2, 0) is 9.47 Å². The van der Waals surface area contributed by atoms with E-state index >= 15 is 0 Å². The third kappa shape index (κ3) is 6.84. The number of hydrogen-bond acceptors (Lipinski definition) is 6. The van der Waals surface area contributed by atoms with E-state index in [9.17, 15) is 9.59 Å². The van der Waals surface area contributed by atoms with E-state index in [1.54, 1.807) is 0 Å². The molecular formula is C40H48N2O4. The standard InChI is InChI=1S/C40H48N2O4/c1-37(2)21-27(22-38(3,4)41-37)45-35(43)32-17-11-14-30-29(13-10-15-31(30)32)26-19-18-25-12-9-16-33(34(25)20-26)36(44)46-28-23-39(5,6)42-40(7,8)24-28/h9-20,27-28,41-42H,21-24H2,1-8H3. The molecule has 6 nitrogen and oxygen atoms in total. The van der Waals surface area contributed by atoms with Crippen LogP contribution >= 0.6 is 0 Å². The average molecular weight is 621 g/mol. The first kappa shape index (κ1) is 32.2. The van der Waals surface area contributed by atoms with Crippen LogP contribution in [0.1, 0.15) is 102 Å². The van der Waals surface area contributed by atoms with E-state index in [4.69, 9.17) is 9.47 Å². The lowest BCUT2D eigenvalue weighted by Crippen LogP contribution is -2.59. The molecule has 2 fully saturated rings. The Labute approximate surface area is 273 Å². The summed E-state index contributed by atoms with van der Waals surface area (Å²) in [6.07, 6.45) is 2.69. The minimum absolute atomic E-state index is 0.124. The molecule has 0 amide bonds. The molecule has 6 heteroatoms. The van der Waals surface area contributed by atoms with Gasteiger partial charge in [-0.15, -0.1) is 0 Å². The molecule has 0 aromatic heterocycles. The van der Waals surface area contributed by atoms with E-state index < -0.39 is 0 Å². The number of carbonyl (C=O) groups is 2. The maximum Gasteiger partial charge on any atom is 0.339 e. The van der Waals surface area contributed by atoms with Crippen molar-refractivity contribution in [3.8, 4) is 11.1 Å². The van der Waals surface area contributed by atoms with Crippen LogP contribution in [0.5, 0.6) is 0 Å². The highest BCUT2D eigenvalue weighted by atomic mass is 16.5. The van der Waals surface area contributed by atoms with Crippen LogP contribution in [0.3, 0.4) is 0 Å². The van der Waals surface area contributed by atoms with Gasteiger partial charge in [0.15, 0.2) is 0 Å². The van der Waals surface area contributed by atoms with Gasteiger partial charge in [-0.3, -0.25) is 0 Å². The van der Waals surface area contributed by atoms with Gasteiger partial charge in [0.05, 0.1) is 11.1 Å². The normalized spacial score (nSPS) is 20.8. The first-order chi connectivity index (χ1) is 21.5. The molecule has 46 heavy (non-hydrogen) atoms. The van der Waals surface area contributed by atoms with Crippen molar-refractivity contribution in [3.05, 3.63) is 83.9 Å². The second kappa shape index (κ2) is 11.5. The van der Waals surface area contributed by atoms with Crippen molar-refractivity contribution in [2.45, 2.75) is 115 Å². The monoisotopic (exact) mass is 620 g/mol. The summed E-state index contributed by atoms with van der Waals surface area (Å²) in [6, 6.07) is 23.8. The van der Waals surface area contributed by atoms with Crippen molar-refractivity contribution in [2.75, 3.05) is 0 Å². The summed E-state index contributed by atoms with van der Waals surface area (Å²) < 4.78 is 12.3. The van der Waals surface area contributed by atoms with E-state index in [2.05, 4.69) is 90.3 Å². The number of ether oxygens (including phenoxy) is 2. The SMILES string of the molecule is CC1(C)CC(OC(=O)c2cccc3ccc(-c4cccc5c(C(=O)OC6CC(C)(C)NC(C)(C)C6)cccc45)cc23)CC(C)(C)N1. The predicted molar refractivity (Wildman–Crippen MR) is 186 cm³/mol. The highest BCUT2D eigenvalue weighted by Crippen LogP contribution is 2.36. The van der Waals surface area contributed by atoms with Gasteiger partial charge in [0.2, 0.25) is 0 Å². The van der Waals surface area contributed by atoms with Gasteiger partial charge in [-0.2, -0.15) is 0 Å². The van der Waals surface area contributed by atoms with Crippen LogP contribution in [0.4, 0.5) is 0 Å². The number of piperidine rings is 2. The Morgan fingerprint density at radius 1 is 0.565 bits per heavy atom. The number of rotatable bonds is 5. The molecule has 2 heterocycles. The molecule has 0 saturated carbocycles. The molecule has 2 N–H and O–H groups in total. The zero-order valence-electron chi connectivity index (χ0n) is 28.5. The Kier molecular flexibility index (Phi) is 8.05. The Bertz CT molecular complexity index is 1790. The number of nitrogens with one attached hydrogen (secondary N) is 2. The van der Waals surface area contributed by atoms with E-state index in [1.165, 1.54) is 0 Å². The molecule has 0 atom stereocenters. The highest BCUT2D eigenvalue weighted by Gasteiger charge is 2.40. The molecule has 0 bridgehead atoms. The zero-order valence-corrected chi connectivity index (χ0v) is 28.5. The van der Waals surface area contributed by atoms with Crippen LogP contribution in [0, 0.1) is 0 Å². The molecule has 2 aliphatic heterocycles. The summed E-state index contributed by atoms with van der Waals surface area (Å²) in [6.45, 7) is 17.2. The van der Waals surface area contributed by atoms with Crippen molar-refractivity contribution >= 4 is 33.5 Å².